The molecule has 0 unspecified atom stereocenters. The molecule has 1 aromatic heterocycles. The van der Waals surface area contributed by atoms with Gasteiger partial charge in [0, 0.05) is 11.9 Å². The van der Waals surface area contributed by atoms with Crippen LogP contribution in [0.3, 0.4) is 0 Å². The van der Waals surface area contributed by atoms with Gasteiger partial charge < -0.3 is 4.98 Å². The molecule has 0 radical (unpaired) electrons. The molecule has 0 bridgehead atoms. The monoisotopic (exact) mass is 137 g/mol. The van der Waals surface area contributed by atoms with E-state index in [2.05, 4.69) is 11.6 Å². The molecule has 0 amide bonds. The fourth-order valence-corrected chi connectivity index (χ4v) is 0.680. The summed E-state index contributed by atoms with van der Waals surface area (Å²) in [5, 5.41) is 0. The molecule has 10 heavy (non-hydrogen) atoms. The smallest absolute Gasteiger partial charge is 0.0404 e. The average molecular weight is 137 g/mol. The highest BCUT2D eigenvalue weighted by molar-refractivity contribution is 5.46. The van der Waals surface area contributed by atoms with Gasteiger partial charge in [-0.3, -0.25) is 0 Å². The molecule has 1 heterocycles. The van der Waals surface area contributed by atoms with Crippen molar-refractivity contribution in [2.45, 2.75) is 20.8 Å². The largest absolute Gasteiger partial charge is 0.361 e. The zero-order chi connectivity index (χ0) is 7.98. The Hall–Kier alpha value is -0.980. The first kappa shape index (κ1) is 9.02. The Labute approximate surface area is 62.8 Å². The van der Waals surface area contributed by atoms with Gasteiger partial charge >= 0.3 is 0 Å². The van der Waals surface area contributed by atoms with Crippen molar-refractivity contribution < 1.29 is 0 Å². The second-order valence-corrected chi connectivity index (χ2v) is 1.78. The average Bonchev–Trinajstić information content (AvgIpc) is 2.39. The Balaban J connectivity index is 0.000000371. The lowest BCUT2D eigenvalue weighted by Crippen LogP contribution is -1.70. The van der Waals surface area contributed by atoms with Crippen LogP contribution in [0.4, 0.5) is 0 Å². The summed E-state index contributed by atoms with van der Waals surface area (Å²) in [4.78, 5) is 3.04. The first-order valence-corrected chi connectivity index (χ1v) is 3.61. The third-order valence-electron chi connectivity index (χ3n) is 1.20. The van der Waals surface area contributed by atoms with Crippen LogP contribution in [0, 0.1) is 6.92 Å². The van der Waals surface area contributed by atoms with Crippen molar-refractivity contribution in [2.75, 3.05) is 0 Å². The molecule has 0 aliphatic carbocycles. The quantitative estimate of drug-likeness (QED) is 0.612. The number of hydrogen-bond donors (Lipinski definition) is 1. The predicted octanol–water partition coefficient (Wildman–Crippen LogP) is 2.99. The summed E-state index contributed by atoms with van der Waals surface area (Å²) in [5.74, 6) is 0. The molecule has 1 aromatic rings. The van der Waals surface area contributed by atoms with Crippen LogP contribution in [0.25, 0.3) is 6.08 Å². The van der Waals surface area contributed by atoms with Crippen LogP contribution in [-0.4, -0.2) is 4.98 Å². The molecule has 1 nitrogen and oxygen atoms in total. The molecule has 0 fully saturated rings. The van der Waals surface area contributed by atoms with Crippen LogP contribution in [0.2, 0.25) is 0 Å². The van der Waals surface area contributed by atoms with Crippen molar-refractivity contribution in [3.8, 4) is 0 Å². The molecule has 0 saturated heterocycles. The highest BCUT2D eigenvalue weighted by Gasteiger charge is 1.88. The molecule has 56 valence electrons. The van der Waals surface area contributed by atoms with E-state index in [0.29, 0.717) is 0 Å². The fraction of sp³-hybridized carbons (Fsp3) is 0.333. The molecule has 0 aliphatic heterocycles. The zero-order valence-electron chi connectivity index (χ0n) is 6.94. The molecule has 0 aromatic carbocycles. The number of nitrogens with one attached hydrogen (secondary N) is 1. The molecular formula is C9H15N. The van der Waals surface area contributed by atoms with E-state index in [4.69, 9.17) is 0 Å². The molecule has 0 aliphatic rings. The maximum Gasteiger partial charge on any atom is 0.0404 e. The summed E-state index contributed by atoms with van der Waals surface area (Å²) < 4.78 is 0. The van der Waals surface area contributed by atoms with Gasteiger partial charge in [-0.25, -0.2) is 0 Å². The molecule has 0 atom stereocenters. The van der Waals surface area contributed by atoms with Crippen LogP contribution in [0.1, 0.15) is 25.1 Å². The lowest BCUT2D eigenvalue weighted by atomic mass is 10.3. The summed E-state index contributed by atoms with van der Waals surface area (Å²) in [6.07, 6.45) is 3.72. The van der Waals surface area contributed by atoms with Gasteiger partial charge in [-0.2, -0.15) is 0 Å². The van der Waals surface area contributed by atoms with Gasteiger partial charge in [0.15, 0.2) is 0 Å². The van der Waals surface area contributed by atoms with E-state index in [1.807, 2.05) is 39.1 Å². The summed E-state index contributed by atoms with van der Waals surface area (Å²) in [7, 11) is 0. The lowest BCUT2D eigenvalue weighted by molar-refractivity contribution is 1.35. The first-order chi connectivity index (χ1) is 4.84. The standard InChI is InChI=1S/C7H9N.C2H6/c1-3-7-6(2)4-5-8-7;1-2/h3-5,8H,1H2,2H3;1-2H3. The van der Waals surface area contributed by atoms with Crippen molar-refractivity contribution >= 4 is 6.08 Å². The van der Waals surface area contributed by atoms with E-state index in [9.17, 15) is 0 Å². The summed E-state index contributed by atoms with van der Waals surface area (Å²) in [5.41, 5.74) is 2.37. The van der Waals surface area contributed by atoms with Crippen molar-refractivity contribution in [1.29, 1.82) is 0 Å². The molecular weight excluding hydrogens is 122 g/mol. The third kappa shape index (κ3) is 2.09. The van der Waals surface area contributed by atoms with E-state index in [1.165, 1.54) is 5.56 Å². The number of aryl methyl sites for hydroxylation is 1. The van der Waals surface area contributed by atoms with Crippen molar-refractivity contribution in [1.82, 2.24) is 4.98 Å². The minimum Gasteiger partial charge on any atom is -0.361 e. The van der Waals surface area contributed by atoms with Gasteiger partial charge in [-0.05, 0) is 24.6 Å². The van der Waals surface area contributed by atoms with Crippen LogP contribution < -0.4 is 0 Å². The Morgan fingerprint density at radius 2 is 2.10 bits per heavy atom. The molecule has 0 saturated carbocycles. The van der Waals surface area contributed by atoms with Gasteiger partial charge in [0.1, 0.15) is 0 Å². The van der Waals surface area contributed by atoms with Gasteiger partial charge in [-0.1, -0.05) is 20.4 Å². The maximum absolute atomic E-state index is 3.63. The Bertz CT molecular complexity index is 186. The van der Waals surface area contributed by atoms with Gasteiger partial charge in [0.05, 0.1) is 0 Å². The highest BCUT2D eigenvalue weighted by Crippen LogP contribution is 2.03. The summed E-state index contributed by atoms with van der Waals surface area (Å²) in [6, 6.07) is 2.02. The molecule has 0 spiro atoms. The predicted molar refractivity (Wildman–Crippen MR) is 47.0 cm³/mol. The Morgan fingerprint density at radius 1 is 1.50 bits per heavy atom. The van der Waals surface area contributed by atoms with Crippen LogP contribution in [-0.2, 0) is 0 Å². The van der Waals surface area contributed by atoms with E-state index in [1.54, 1.807) is 0 Å². The second-order valence-electron chi connectivity index (χ2n) is 1.78. The summed E-state index contributed by atoms with van der Waals surface area (Å²) >= 11 is 0. The van der Waals surface area contributed by atoms with Crippen LogP contribution in [0.15, 0.2) is 18.8 Å². The number of aromatic nitrogens is 1. The van der Waals surface area contributed by atoms with E-state index in [-0.39, 0.29) is 0 Å². The van der Waals surface area contributed by atoms with Crippen LogP contribution in [0.5, 0.6) is 0 Å². The second kappa shape index (κ2) is 4.86. The fourth-order valence-electron chi connectivity index (χ4n) is 0.680. The van der Waals surface area contributed by atoms with E-state index >= 15 is 0 Å². The lowest BCUT2D eigenvalue weighted by Gasteiger charge is -1.84. The minimum atomic E-state index is 1.12. The normalized spacial score (nSPS) is 7.90. The van der Waals surface area contributed by atoms with Gasteiger partial charge in [0.2, 0.25) is 0 Å². The van der Waals surface area contributed by atoms with Crippen molar-refractivity contribution in [3.05, 3.63) is 30.1 Å². The third-order valence-corrected chi connectivity index (χ3v) is 1.20. The van der Waals surface area contributed by atoms with Gasteiger partial charge in [0.25, 0.3) is 0 Å². The number of rotatable bonds is 1. The minimum absolute atomic E-state index is 1.12. The topological polar surface area (TPSA) is 15.8 Å². The first-order valence-electron chi connectivity index (χ1n) is 3.61. The van der Waals surface area contributed by atoms with Gasteiger partial charge in [-0.15, -0.1) is 0 Å². The van der Waals surface area contributed by atoms with E-state index in [0.717, 1.165) is 5.69 Å². The highest BCUT2D eigenvalue weighted by atomic mass is 14.7. The molecule has 1 N–H and O–H groups in total. The van der Waals surface area contributed by atoms with E-state index < -0.39 is 0 Å². The summed E-state index contributed by atoms with van der Waals surface area (Å²) in [6.45, 7) is 9.68. The maximum atomic E-state index is 3.63. The molecule has 1 heteroatoms. The zero-order valence-corrected chi connectivity index (χ0v) is 6.94. The van der Waals surface area contributed by atoms with Crippen molar-refractivity contribution in [2.24, 2.45) is 0 Å². The van der Waals surface area contributed by atoms with Crippen LogP contribution >= 0.6 is 0 Å². The SMILES string of the molecule is C=Cc1[nH]ccc1C.CC. The molecule has 1 rings (SSSR count). The number of hydrogen-bond acceptors (Lipinski definition) is 0. The van der Waals surface area contributed by atoms with Crippen molar-refractivity contribution in [3.63, 3.8) is 0 Å². The Kier molecular flexibility index (Phi) is 4.38. The Morgan fingerprint density at radius 3 is 2.30 bits per heavy atom. The number of H-pyrrole nitrogens is 1. The number of aromatic amines is 1.